The Morgan fingerprint density at radius 3 is 2.85 bits per heavy atom. The molecule has 2 N–H and O–H groups in total. The number of hydrogen-bond donors (Lipinski definition) is 1. The molecule has 0 aliphatic heterocycles. The first-order chi connectivity index (χ1) is 6.33. The summed E-state index contributed by atoms with van der Waals surface area (Å²) in [4.78, 5) is 4.11. The van der Waals surface area contributed by atoms with E-state index in [2.05, 4.69) is 18.0 Å². The number of benzene rings is 1. The fraction of sp³-hybridized carbons (Fsp3) is 0.182. The highest BCUT2D eigenvalue weighted by molar-refractivity contribution is 5.94. The summed E-state index contributed by atoms with van der Waals surface area (Å²) in [6, 6.07) is 5.99. The van der Waals surface area contributed by atoms with Crippen molar-refractivity contribution in [3.05, 3.63) is 36.2 Å². The van der Waals surface area contributed by atoms with E-state index in [9.17, 15) is 0 Å². The van der Waals surface area contributed by atoms with Crippen molar-refractivity contribution in [2.75, 3.05) is 5.73 Å². The molecular weight excluding hydrogens is 160 g/mol. The molecule has 0 bridgehead atoms. The Kier molecular flexibility index (Phi) is 1.89. The van der Waals surface area contributed by atoms with Crippen molar-refractivity contribution < 1.29 is 0 Å². The summed E-state index contributed by atoms with van der Waals surface area (Å²) in [5.41, 5.74) is 7.98. The van der Waals surface area contributed by atoms with Gasteiger partial charge in [0.15, 0.2) is 0 Å². The van der Waals surface area contributed by atoms with Crippen LogP contribution >= 0.6 is 0 Å². The molecule has 0 saturated carbocycles. The Balaban J connectivity index is 2.84. The van der Waals surface area contributed by atoms with E-state index in [1.54, 1.807) is 6.20 Å². The van der Waals surface area contributed by atoms with Gasteiger partial charge < -0.3 is 5.73 Å². The molecule has 2 rings (SSSR count). The summed E-state index contributed by atoms with van der Waals surface area (Å²) in [7, 11) is 0. The van der Waals surface area contributed by atoms with Crippen molar-refractivity contribution >= 4 is 16.5 Å². The number of fused-ring (bicyclic) bond motifs is 1. The Hall–Kier alpha value is -1.57. The van der Waals surface area contributed by atoms with Crippen LogP contribution in [0.5, 0.6) is 0 Å². The van der Waals surface area contributed by atoms with Gasteiger partial charge in [0.1, 0.15) is 0 Å². The quantitative estimate of drug-likeness (QED) is 0.671. The van der Waals surface area contributed by atoms with Gasteiger partial charge in [-0.3, -0.25) is 4.98 Å². The molecule has 0 atom stereocenters. The highest BCUT2D eigenvalue weighted by Crippen LogP contribution is 2.23. The molecule has 0 radical (unpaired) electrons. The van der Waals surface area contributed by atoms with Gasteiger partial charge in [0.2, 0.25) is 0 Å². The summed E-state index contributed by atoms with van der Waals surface area (Å²) >= 11 is 0. The zero-order valence-electron chi connectivity index (χ0n) is 7.62. The lowest BCUT2D eigenvalue weighted by Gasteiger charge is -2.05. The molecule has 66 valence electrons. The van der Waals surface area contributed by atoms with E-state index < -0.39 is 0 Å². The number of pyridine rings is 1. The molecule has 1 aromatic carbocycles. The lowest BCUT2D eigenvalue weighted by Crippen LogP contribution is -1.91. The van der Waals surface area contributed by atoms with Crippen LogP contribution in [0.15, 0.2) is 30.6 Å². The van der Waals surface area contributed by atoms with Crippen molar-refractivity contribution in [2.45, 2.75) is 13.3 Å². The smallest absolute Gasteiger partial charge is 0.0395 e. The molecule has 2 heteroatoms. The van der Waals surface area contributed by atoms with Gasteiger partial charge in [0.05, 0.1) is 0 Å². The van der Waals surface area contributed by atoms with Crippen molar-refractivity contribution in [3.8, 4) is 0 Å². The van der Waals surface area contributed by atoms with Crippen LogP contribution in [-0.2, 0) is 6.42 Å². The van der Waals surface area contributed by atoms with E-state index in [-0.39, 0.29) is 0 Å². The SMILES string of the molecule is CCc1ccc(N)c2ccncc12. The van der Waals surface area contributed by atoms with Gasteiger partial charge in [0.25, 0.3) is 0 Å². The van der Waals surface area contributed by atoms with E-state index in [4.69, 9.17) is 5.73 Å². The molecule has 0 saturated heterocycles. The minimum Gasteiger partial charge on any atom is -0.398 e. The Morgan fingerprint density at radius 1 is 1.23 bits per heavy atom. The van der Waals surface area contributed by atoms with Gasteiger partial charge in [-0.2, -0.15) is 0 Å². The van der Waals surface area contributed by atoms with Crippen LogP contribution in [0.4, 0.5) is 5.69 Å². The second-order valence-corrected chi connectivity index (χ2v) is 3.09. The van der Waals surface area contributed by atoms with Crippen LogP contribution in [0, 0.1) is 0 Å². The van der Waals surface area contributed by atoms with Crippen LogP contribution < -0.4 is 5.73 Å². The first kappa shape index (κ1) is 8.05. The maximum Gasteiger partial charge on any atom is 0.0395 e. The monoisotopic (exact) mass is 172 g/mol. The zero-order chi connectivity index (χ0) is 9.26. The molecule has 0 unspecified atom stereocenters. The summed E-state index contributed by atoms with van der Waals surface area (Å²) in [6.07, 6.45) is 4.67. The predicted molar refractivity (Wildman–Crippen MR) is 55.5 cm³/mol. The number of aryl methyl sites for hydroxylation is 1. The van der Waals surface area contributed by atoms with Crippen LogP contribution in [0.1, 0.15) is 12.5 Å². The second kappa shape index (κ2) is 3.05. The van der Waals surface area contributed by atoms with Gasteiger partial charge in [-0.25, -0.2) is 0 Å². The molecule has 1 aromatic heterocycles. The van der Waals surface area contributed by atoms with Crippen molar-refractivity contribution in [1.82, 2.24) is 4.98 Å². The summed E-state index contributed by atoms with van der Waals surface area (Å²) in [6.45, 7) is 2.14. The van der Waals surface area contributed by atoms with Crippen molar-refractivity contribution in [1.29, 1.82) is 0 Å². The highest BCUT2D eigenvalue weighted by Gasteiger charge is 2.01. The topological polar surface area (TPSA) is 38.9 Å². The van der Waals surface area contributed by atoms with Gasteiger partial charge in [-0.15, -0.1) is 0 Å². The molecule has 0 spiro atoms. The minimum absolute atomic E-state index is 0.828. The minimum atomic E-state index is 0.828. The average Bonchev–Trinajstić information content (AvgIpc) is 2.19. The molecule has 0 fully saturated rings. The number of nitrogens with zero attached hydrogens (tertiary/aromatic N) is 1. The fourth-order valence-corrected chi connectivity index (χ4v) is 1.58. The fourth-order valence-electron chi connectivity index (χ4n) is 1.58. The molecule has 13 heavy (non-hydrogen) atoms. The number of anilines is 1. The molecule has 2 aromatic rings. The third-order valence-corrected chi connectivity index (χ3v) is 2.32. The van der Waals surface area contributed by atoms with Crippen LogP contribution in [0.2, 0.25) is 0 Å². The Morgan fingerprint density at radius 2 is 2.08 bits per heavy atom. The molecule has 0 aliphatic carbocycles. The molecule has 1 heterocycles. The maximum absolute atomic E-state index is 5.85. The highest BCUT2D eigenvalue weighted by atomic mass is 14.6. The summed E-state index contributed by atoms with van der Waals surface area (Å²) in [5, 5.41) is 2.28. The van der Waals surface area contributed by atoms with Gasteiger partial charge in [-0.1, -0.05) is 13.0 Å². The van der Waals surface area contributed by atoms with Gasteiger partial charge >= 0.3 is 0 Å². The zero-order valence-corrected chi connectivity index (χ0v) is 7.62. The van der Waals surface area contributed by atoms with E-state index in [1.165, 1.54) is 10.9 Å². The van der Waals surface area contributed by atoms with Crippen molar-refractivity contribution in [2.24, 2.45) is 0 Å². The van der Waals surface area contributed by atoms with Crippen LogP contribution in [-0.4, -0.2) is 4.98 Å². The standard InChI is InChI=1S/C11H12N2/c1-2-8-3-4-11(12)9-5-6-13-7-10(8)9/h3-7H,2,12H2,1H3. The Labute approximate surface area is 77.4 Å². The Bertz CT molecular complexity index is 435. The molecule has 0 aliphatic rings. The number of rotatable bonds is 1. The summed E-state index contributed by atoms with van der Waals surface area (Å²) < 4.78 is 0. The maximum atomic E-state index is 5.85. The normalized spacial score (nSPS) is 10.5. The lowest BCUT2D eigenvalue weighted by molar-refractivity contribution is 1.16. The molecule has 2 nitrogen and oxygen atoms in total. The van der Waals surface area contributed by atoms with E-state index >= 15 is 0 Å². The third-order valence-electron chi connectivity index (χ3n) is 2.32. The van der Waals surface area contributed by atoms with Crippen LogP contribution in [0.25, 0.3) is 10.8 Å². The predicted octanol–water partition coefficient (Wildman–Crippen LogP) is 2.38. The number of hydrogen-bond acceptors (Lipinski definition) is 2. The number of nitrogen functional groups attached to an aromatic ring is 1. The number of nitrogens with two attached hydrogens (primary N) is 1. The van der Waals surface area contributed by atoms with Crippen LogP contribution in [0.3, 0.4) is 0 Å². The second-order valence-electron chi connectivity index (χ2n) is 3.09. The summed E-state index contributed by atoms with van der Waals surface area (Å²) in [5.74, 6) is 0. The lowest BCUT2D eigenvalue weighted by atomic mass is 10.0. The van der Waals surface area contributed by atoms with E-state index in [0.717, 1.165) is 17.5 Å². The molecular formula is C11H12N2. The first-order valence-corrected chi connectivity index (χ1v) is 4.44. The first-order valence-electron chi connectivity index (χ1n) is 4.44. The van der Waals surface area contributed by atoms with Crippen molar-refractivity contribution in [3.63, 3.8) is 0 Å². The van der Waals surface area contributed by atoms with Gasteiger partial charge in [-0.05, 0) is 24.1 Å². The van der Waals surface area contributed by atoms with Gasteiger partial charge in [0, 0.05) is 28.9 Å². The van der Waals surface area contributed by atoms with E-state index in [0.29, 0.717) is 0 Å². The average molecular weight is 172 g/mol. The number of aromatic nitrogens is 1. The largest absolute Gasteiger partial charge is 0.398 e. The van der Waals surface area contributed by atoms with E-state index in [1.807, 2.05) is 18.3 Å². The third kappa shape index (κ3) is 1.24. The molecule has 0 amide bonds.